The van der Waals surface area contributed by atoms with Crippen LogP contribution in [0.1, 0.15) is 29.3 Å². The van der Waals surface area contributed by atoms with E-state index in [2.05, 4.69) is 5.43 Å². The molecule has 0 spiro atoms. The van der Waals surface area contributed by atoms with Crippen LogP contribution in [0.3, 0.4) is 0 Å². The summed E-state index contributed by atoms with van der Waals surface area (Å²) in [5, 5.41) is 0.968. The Morgan fingerprint density at radius 3 is 2.46 bits per heavy atom. The van der Waals surface area contributed by atoms with Gasteiger partial charge in [0.15, 0.2) is 6.04 Å². The molecule has 1 atom stereocenters. The Bertz CT molecular complexity index is 910. The van der Waals surface area contributed by atoms with Gasteiger partial charge in [-0.3, -0.25) is 15.0 Å². The third-order valence-corrected chi connectivity index (χ3v) is 4.29. The Hall–Kier alpha value is -3.48. The third-order valence-electron chi connectivity index (χ3n) is 4.29. The van der Waals surface area contributed by atoms with Gasteiger partial charge in [0.2, 0.25) is 0 Å². The molecule has 6 nitrogen and oxygen atoms in total. The molecule has 28 heavy (non-hydrogen) atoms. The van der Waals surface area contributed by atoms with Crippen LogP contribution in [0.25, 0.3) is 5.57 Å². The van der Waals surface area contributed by atoms with E-state index in [1.807, 2.05) is 30.3 Å². The number of rotatable bonds is 5. The minimum Gasteiger partial charge on any atom is -0.464 e. The first-order valence-electron chi connectivity index (χ1n) is 8.82. The number of benzene rings is 2. The lowest BCUT2D eigenvalue weighted by atomic mass is 9.94. The highest BCUT2D eigenvalue weighted by Gasteiger charge is 2.36. The van der Waals surface area contributed by atoms with Gasteiger partial charge in [-0.1, -0.05) is 30.3 Å². The Morgan fingerprint density at radius 1 is 1.14 bits per heavy atom. The van der Waals surface area contributed by atoms with E-state index in [9.17, 15) is 18.8 Å². The highest BCUT2D eigenvalue weighted by atomic mass is 19.1. The van der Waals surface area contributed by atoms with Gasteiger partial charge in [-0.05, 0) is 42.3 Å². The standard InChI is InChI=1S/C21H19FN2O4/c1-2-28-21(27)18-12-16(14-6-4-3-5-7-14)13-19(25)24(18)23-20(26)15-8-10-17(22)11-9-15/h3-11,13,18H,2,12H2,1H3,(H,23,26)/t18-/m1/s1. The van der Waals surface area contributed by atoms with Crippen molar-refractivity contribution in [3.05, 3.63) is 77.6 Å². The topological polar surface area (TPSA) is 75.7 Å². The maximum absolute atomic E-state index is 13.1. The lowest BCUT2D eigenvalue weighted by Crippen LogP contribution is -2.56. The molecule has 1 aliphatic rings. The molecular weight excluding hydrogens is 363 g/mol. The number of carbonyl (C=O) groups is 3. The van der Waals surface area contributed by atoms with Crippen molar-refractivity contribution < 1.29 is 23.5 Å². The average molecular weight is 382 g/mol. The Kier molecular flexibility index (Phi) is 5.84. The molecule has 2 aromatic rings. The van der Waals surface area contributed by atoms with Gasteiger partial charge >= 0.3 is 5.97 Å². The molecule has 0 aliphatic carbocycles. The fourth-order valence-corrected chi connectivity index (χ4v) is 2.92. The first-order chi connectivity index (χ1) is 13.5. The van der Waals surface area contributed by atoms with Gasteiger partial charge in [0.1, 0.15) is 5.82 Å². The fourth-order valence-electron chi connectivity index (χ4n) is 2.92. The number of nitrogens with zero attached hydrogens (tertiary/aromatic N) is 1. The lowest BCUT2D eigenvalue weighted by molar-refractivity contribution is -0.155. The summed E-state index contributed by atoms with van der Waals surface area (Å²) in [4.78, 5) is 37.6. The molecule has 0 radical (unpaired) electrons. The van der Waals surface area contributed by atoms with Crippen LogP contribution in [0.2, 0.25) is 0 Å². The maximum atomic E-state index is 13.1. The van der Waals surface area contributed by atoms with Gasteiger partial charge in [0.25, 0.3) is 11.8 Å². The number of nitrogens with one attached hydrogen (secondary N) is 1. The van der Waals surface area contributed by atoms with Gasteiger partial charge in [-0.2, -0.15) is 0 Å². The van der Waals surface area contributed by atoms with E-state index in [0.717, 1.165) is 22.7 Å². The van der Waals surface area contributed by atoms with Crippen molar-refractivity contribution in [1.82, 2.24) is 10.4 Å². The van der Waals surface area contributed by atoms with Crippen LogP contribution >= 0.6 is 0 Å². The molecule has 2 amide bonds. The molecule has 3 rings (SSSR count). The van der Waals surface area contributed by atoms with Crippen LogP contribution in [0.4, 0.5) is 4.39 Å². The second kappa shape index (κ2) is 8.47. The molecule has 0 unspecified atom stereocenters. The highest BCUT2D eigenvalue weighted by Crippen LogP contribution is 2.27. The fraction of sp³-hybridized carbons (Fsp3) is 0.190. The number of hydrazine groups is 1. The smallest absolute Gasteiger partial charge is 0.331 e. The normalized spacial score (nSPS) is 16.4. The third kappa shape index (κ3) is 4.25. The van der Waals surface area contributed by atoms with Crippen LogP contribution < -0.4 is 5.43 Å². The molecule has 1 aliphatic heterocycles. The number of amides is 2. The van der Waals surface area contributed by atoms with Crippen molar-refractivity contribution >= 4 is 23.4 Å². The second-order valence-corrected chi connectivity index (χ2v) is 6.16. The molecular formula is C21H19FN2O4. The zero-order valence-electron chi connectivity index (χ0n) is 15.2. The van der Waals surface area contributed by atoms with Crippen molar-refractivity contribution in [1.29, 1.82) is 0 Å². The van der Waals surface area contributed by atoms with E-state index in [1.165, 1.54) is 18.2 Å². The summed E-state index contributed by atoms with van der Waals surface area (Å²) in [6, 6.07) is 13.1. The Morgan fingerprint density at radius 2 is 1.82 bits per heavy atom. The Labute approximate surface area is 161 Å². The van der Waals surface area contributed by atoms with E-state index < -0.39 is 29.6 Å². The van der Waals surface area contributed by atoms with Gasteiger partial charge in [-0.15, -0.1) is 0 Å². The largest absolute Gasteiger partial charge is 0.464 e. The summed E-state index contributed by atoms with van der Waals surface area (Å²) < 4.78 is 18.1. The number of carbonyl (C=O) groups excluding carboxylic acids is 3. The van der Waals surface area contributed by atoms with Gasteiger partial charge in [-0.25, -0.2) is 14.2 Å². The molecule has 144 valence electrons. The summed E-state index contributed by atoms with van der Waals surface area (Å²) in [7, 11) is 0. The van der Waals surface area contributed by atoms with Gasteiger partial charge in [0, 0.05) is 18.1 Å². The number of halogens is 1. The molecule has 0 saturated heterocycles. The SMILES string of the molecule is CCOC(=O)[C@H]1CC(c2ccccc2)=CC(=O)N1NC(=O)c1ccc(F)cc1. The van der Waals surface area contributed by atoms with Crippen LogP contribution in [0.5, 0.6) is 0 Å². The summed E-state index contributed by atoms with van der Waals surface area (Å²) in [5.41, 5.74) is 4.10. The minimum absolute atomic E-state index is 0.146. The predicted octanol–water partition coefficient (Wildman–Crippen LogP) is 2.72. The van der Waals surface area contributed by atoms with Crippen LogP contribution in [-0.4, -0.2) is 35.4 Å². The molecule has 7 heteroatoms. The average Bonchev–Trinajstić information content (AvgIpc) is 2.70. The Balaban J connectivity index is 1.87. The van der Waals surface area contributed by atoms with Crippen LogP contribution in [0, 0.1) is 5.82 Å². The van der Waals surface area contributed by atoms with Crippen LogP contribution in [0.15, 0.2) is 60.7 Å². The van der Waals surface area contributed by atoms with E-state index in [0.29, 0.717) is 5.57 Å². The van der Waals surface area contributed by atoms with Gasteiger partial charge in [0.05, 0.1) is 6.61 Å². The summed E-state index contributed by atoms with van der Waals surface area (Å²) >= 11 is 0. The monoisotopic (exact) mass is 382 g/mol. The predicted molar refractivity (Wildman–Crippen MR) is 100 cm³/mol. The van der Waals surface area contributed by atoms with Gasteiger partial charge < -0.3 is 4.74 Å². The zero-order chi connectivity index (χ0) is 20.1. The van der Waals surface area contributed by atoms with E-state index in [4.69, 9.17) is 4.74 Å². The van der Waals surface area contributed by atoms with Crippen molar-refractivity contribution in [2.45, 2.75) is 19.4 Å². The van der Waals surface area contributed by atoms with Crippen molar-refractivity contribution in [2.75, 3.05) is 6.61 Å². The summed E-state index contributed by atoms with van der Waals surface area (Å²) in [6.07, 6.45) is 1.58. The van der Waals surface area contributed by atoms with Crippen molar-refractivity contribution in [3.63, 3.8) is 0 Å². The number of ether oxygens (including phenoxy) is 1. The van der Waals surface area contributed by atoms with E-state index in [1.54, 1.807) is 6.92 Å². The summed E-state index contributed by atoms with van der Waals surface area (Å²) in [5.74, 6) is -2.26. The highest BCUT2D eigenvalue weighted by molar-refractivity contribution is 6.03. The first kappa shape index (κ1) is 19.3. The van der Waals surface area contributed by atoms with E-state index >= 15 is 0 Å². The molecule has 0 bridgehead atoms. The zero-order valence-corrected chi connectivity index (χ0v) is 15.2. The number of hydrogen-bond acceptors (Lipinski definition) is 4. The van der Waals surface area contributed by atoms with Crippen molar-refractivity contribution in [3.8, 4) is 0 Å². The molecule has 0 fully saturated rings. The number of esters is 1. The summed E-state index contributed by atoms with van der Waals surface area (Å²) in [6.45, 7) is 1.81. The molecule has 1 heterocycles. The quantitative estimate of drug-likeness (QED) is 0.807. The first-order valence-corrected chi connectivity index (χ1v) is 8.82. The molecule has 0 saturated carbocycles. The number of hydrogen-bond donors (Lipinski definition) is 1. The minimum atomic E-state index is -1.00. The second-order valence-electron chi connectivity index (χ2n) is 6.16. The molecule has 2 aromatic carbocycles. The van der Waals surface area contributed by atoms with Crippen LogP contribution in [-0.2, 0) is 14.3 Å². The molecule has 0 aromatic heterocycles. The van der Waals surface area contributed by atoms with Crippen molar-refractivity contribution in [2.24, 2.45) is 0 Å². The molecule has 1 N–H and O–H groups in total. The van der Waals surface area contributed by atoms with E-state index in [-0.39, 0.29) is 18.6 Å². The lowest BCUT2D eigenvalue weighted by Gasteiger charge is -2.33. The maximum Gasteiger partial charge on any atom is 0.331 e.